The van der Waals surface area contributed by atoms with E-state index in [-0.39, 0.29) is 11.6 Å². The number of aromatic nitrogens is 2. The van der Waals surface area contributed by atoms with E-state index in [1.807, 2.05) is 5.38 Å². The van der Waals surface area contributed by atoms with Crippen LogP contribution in [0.3, 0.4) is 0 Å². The number of amides is 1. The van der Waals surface area contributed by atoms with E-state index < -0.39 is 0 Å². The van der Waals surface area contributed by atoms with Gasteiger partial charge in [-0.05, 0) is 48.9 Å². The summed E-state index contributed by atoms with van der Waals surface area (Å²) in [6, 6.07) is 5.35. The molecule has 2 aromatic heterocycles. The van der Waals surface area contributed by atoms with Crippen molar-refractivity contribution < 1.29 is 4.79 Å². The molecular formula is C17H17N3O2S. The van der Waals surface area contributed by atoms with Crippen LogP contribution in [-0.2, 0) is 12.8 Å². The third-order valence-corrected chi connectivity index (χ3v) is 5.47. The molecule has 1 aromatic carbocycles. The van der Waals surface area contributed by atoms with E-state index in [4.69, 9.17) is 0 Å². The number of aromatic amines is 2. The molecule has 1 aliphatic carbocycles. The zero-order valence-corrected chi connectivity index (χ0v) is 13.5. The molecule has 0 fully saturated rings. The van der Waals surface area contributed by atoms with Crippen molar-refractivity contribution >= 4 is 34.0 Å². The van der Waals surface area contributed by atoms with Crippen LogP contribution in [0.2, 0.25) is 0 Å². The molecule has 0 bridgehead atoms. The number of H-pyrrole nitrogens is 2. The highest BCUT2D eigenvalue weighted by Gasteiger charge is 2.23. The van der Waals surface area contributed by atoms with Crippen molar-refractivity contribution in [1.29, 1.82) is 0 Å². The molecule has 0 radical (unpaired) electrons. The molecule has 0 saturated heterocycles. The Hall–Kier alpha value is -2.34. The number of nitrogens with one attached hydrogen (secondary N) is 3. The van der Waals surface area contributed by atoms with E-state index in [2.05, 4.69) is 22.2 Å². The first-order valence-corrected chi connectivity index (χ1v) is 8.61. The number of imidazole rings is 1. The molecule has 5 nitrogen and oxygen atoms in total. The van der Waals surface area contributed by atoms with Crippen LogP contribution >= 0.6 is 11.3 Å². The third-order valence-electron chi connectivity index (χ3n) is 4.42. The predicted molar refractivity (Wildman–Crippen MR) is 92.4 cm³/mol. The molecule has 1 atom stereocenters. The van der Waals surface area contributed by atoms with Gasteiger partial charge < -0.3 is 15.3 Å². The van der Waals surface area contributed by atoms with Gasteiger partial charge in [0.1, 0.15) is 0 Å². The molecule has 23 heavy (non-hydrogen) atoms. The lowest BCUT2D eigenvalue weighted by molar-refractivity contribution is 0.102. The third kappa shape index (κ3) is 2.59. The molecule has 0 saturated carbocycles. The van der Waals surface area contributed by atoms with Crippen molar-refractivity contribution in [1.82, 2.24) is 9.97 Å². The normalized spacial score (nSPS) is 17.2. The maximum absolute atomic E-state index is 12.6. The second kappa shape index (κ2) is 5.38. The van der Waals surface area contributed by atoms with Gasteiger partial charge in [-0.1, -0.05) is 6.92 Å². The number of hydrogen-bond acceptors (Lipinski definition) is 3. The molecule has 4 rings (SSSR count). The van der Waals surface area contributed by atoms with Gasteiger partial charge in [-0.25, -0.2) is 4.79 Å². The van der Waals surface area contributed by atoms with Crippen molar-refractivity contribution in [3.8, 4) is 0 Å². The zero-order chi connectivity index (χ0) is 16.0. The lowest BCUT2D eigenvalue weighted by atomic mass is 9.88. The Labute approximate surface area is 136 Å². The second-order valence-corrected chi connectivity index (χ2v) is 7.16. The molecule has 1 amide bonds. The fourth-order valence-electron chi connectivity index (χ4n) is 3.18. The number of fused-ring (bicyclic) bond motifs is 2. The van der Waals surface area contributed by atoms with E-state index in [0.29, 0.717) is 17.1 Å². The second-order valence-electron chi connectivity index (χ2n) is 6.19. The van der Waals surface area contributed by atoms with Crippen molar-refractivity contribution in [2.75, 3.05) is 5.32 Å². The summed E-state index contributed by atoms with van der Waals surface area (Å²) in [7, 11) is 0. The zero-order valence-electron chi connectivity index (χ0n) is 12.7. The van der Waals surface area contributed by atoms with E-state index in [9.17, 15) is 9.59 Å². The Morgan fingerprint density at radius 3 is 3.00 bits per heavy atom. The summed E-state index contributed by atoms with van der Waals surface area (Å²) in [5, 5.41) is 4.91. The van der Waals surface area contributed by atoms with Crippen LogP contribution in [0.1, 0.15) is 34.1 Å². The maximum Gasteiger partial charge on any atom is 0.323 e. The minimum absolute atomic E-state index is 0.0747. The highest BCUT2D eigenvalue weighted by molar-refractivity contribution is 7.10. The van der Waals surface area contributed by atoms with Gasteiger partial charge in [0.2, 0.25) is 0 Å². The molecule has 3 N–H and O–H groups in total. The van der Waals surface area contributed by atoms with Gasteiger partial charge in [0, 0.05) is 15.9 Å². The van der Waals surface area contributed by atoms with Gasteiger partial charge in [0.05, 0.1) is 16.6 Å². The summed E-state index contributed by atoms with van der Waals surface area (Å²) in [5.41, 5.74) is 3.86. The summed E-state index contributed by atoms with van der Waals surface area (Å²) in [5.74, 6) is 0.624. The standard InChI is InChI=1S/C17H17N3O2S/c1-9-2-4-11-12(8-23-15(11)6-9)16(21)18-10-3-5-13-14(7-10)20-17(22)19-13/h3,5,7-9H,2,4,6H2,1H3,(H,18,21)(H2,19,20,22)/t9-/m0/s1. The quantitative estimate of drug-likeness (QED) is 0.675. The van der Waals surface area contributed by atoms with Gasteiger partial charge in [-0.3, -0.25) is 4.79 Å². The molecule has 118 valence electrons. The van der Waals surface area contributed by atoms with Crippen LogP contribution < -0.4 is 11.0 Å². The van der Waals surface area contributed by atoms with Gasteiger partial charge in [0.15, 0.2) is 0 Å². The fraction of sp³-hybridized carbons (Fsp3) is 0.294. The smallest absolute Gasteiger partial charge is 0.322 e. The van der Waals surface area contributed by atoms with E-state index >= 15 is 0 Å². The average molecular weight is 327 g/mol. The average Bonchev–Trinajstić information content (AvgIpc) is 3.08. The molecule has 1 aliphatic rings. The number of anilines is 1. The number of rotatable bonds is 2. The van der Waals surface area contributed by atoms with E-state index in [1.54, 1.807) is 29.5 Å². The number of benzene rings is 1. The van der Waals surface area contributed by atoms with Crippen LogP contribution in [0.5, 0.6) is 0 Å². The van der Waals surface area contributed by atoms with Crippen LogP contribution in [0, 0.1) is 5.92 Å². The minimum atomic E-state index is -0.246. The maximum atomic E-state index is 12.6. The fourth-order valence-corrected chi connectivity index (χ4v) is 4.42. The molecule has 6 heteroatoms. The summed E-state index contributed by atoms with van der Waals surface area (Å²) >= 11 is 1.69. The van der Waals surface area contributed by atoms with Crippen LogP contribution in [0.4, 0.5) is 5.69 Å². The Bertz CT molecular complexity index is 950. The summed E-state index contributed by atoms with van der Waals surface area (Å²) < 4.78 is 0. The largest absolute Gasteiger partial charge is 0.323 e. The topological polar surface area (TPSA) is 77.8 Å². The lowest BCUT2D eigenvalue weighted by Gasteiger charge is -2.18. The molecular weight excluding hydrogens is 310 g/mol. The number of hydrogen-bond donors (Lipinski definition) is 3. The molecule has 0 aliphatic heterocycles. The van der Waals surface area contributed by atoms with Crippen LogP contribution in [-0.4, -0.2) is 15.9 Å². The Morgan fingerprint density at radius 2 is 2.13 bits per heavy atom. The SMILES string of the molecule is C[C@H]1CCc2c(C(=O)Nc3ccc4[nH]c(=O)[nH]c4c3)csc2C1. The van der Waals surface area contributed by atoms with Crippen LogP contribution in [0.15, 0.2) is 28.4 Å². The van der Waals surface area contributed by atoms with Gasteiger partial charge in [-0.2, -0.15) is 0 Å². The first kappa shape index (κ1) is 14.3. The molecule has 2 heterocycles. The highest BCUT2D eigenvalue weighted by Crippen LogP contribution is 2.33. The van der Waals surface area contributed by atoms with Crippen molar-refractivity contribution in [2.24, 2.45) is 5.92 Å². The number of carbonyl (C=O) groups excluding carboxylic acids is 1. The van der Waals surface area contributed by atoms with E-state index in [0.717, 1.165) is 30.3 Å². The Balaban J connectivity index is 1.60. The molecule has 0 unspecified atom stereocenters. The van der Waals surface area contributed by atoms with Crippen molar-refractivity contribution in [2.45, 2.75) is 26.2 Å². The lowest BCUT2D eigenvalue weighted by Crippen LogP contribution is -2.16. The minimum Gasteiger partial charge on any atom is -0.322 e. The Morgan fingerprint density at radius 1 is 1.30 bits per heavy atom. The summed E-state index contributed by atoms with van der Waals surface area (Å²) in [4.78, 5) is 30.6. The van der Waals surface area contributed by atoms with Gasteiger partial charge in [-0.15, -0.1) is 11.3 Å². The monoisotopic (exact) mass is 327 g/mol. The summed E-state index contributed by atoms with van der Waals surface area (Å²) in [6.07, 6.45) is 3.19. The first-order chi connectivity index (χ1) is 11.1. The van der Waals surface area contributed by atoms with E-state index in [1.165, 1.54) is 10.4 Å². The van der Waals surface area contributed by atoms with Gasteiger partial charge in [0.25, 0.3) is 5.91 Å². The van der Waals surface area contributed by atoms with Crippen molar-refractivity contribution in [3.05, 3.63) is 50.1 Å². The first-order valence-electron chi connectivity index (χ1n) is 7.73. The number of carbonyl (C=O) groups is 1. The Kier molecular flexibility index (Phi) is 3.34. The van der Waals surface area contributed by atoms with Crippen LogP contribution in [0.25, 0.3) is 11.0 Å². The van der Waals surface area contributed by atoms with Gasteiger partial charge >= 0.3 is 5.69 Å². The summed E-state index contributed by atoms with van der Waals surface area (Å²) in [6.45, 7) is 2.26. The number of thiophene rings is 1. The predicted octanol–water partition coefficient (Wildman–Crippen LogP) is 3.29. The molecule has 3 aromatic rings. The molecule has 0 spiro atoms. The van der Waals surface area contributed by atoms with Crippen molar-refractivity contribution in [3.63, 3.8) is 0 Å². The highest BCUT2D eigenvalue weighted by atomic mass is 32.1.